The molecular formula is C12H20N2OS. The van der Waals surface area contributed by atoms with Crippen LogP contribution in [0.15, 0.2) is 5.38 Å². The second kappa shape index (κ2) is 4.82. The molecule has 2 rings (SSSR count). The van der Waals surface area contributed by atoms with E-state index >= 15 is 0 Å². The molecule has 1 aliphatic heterocycles. The van der Waals surface area contributed by atoms with E-state index in [2.05, 4.69) is 22.2 Å². The summed E-state index contributed by atoms with van der Waals surface area (Å²) >= 11 is 1.71. The Morgan fingerprint density at radius 2 is 2.44 bits per heavy atom. The van der Waals surface area contributed by atoms with E-state index in [0.717, 1.165) is 31.1 Å². The molecule has 3 nitrogen and oxygen atoms in total. The number of aryl methyl sites for hydroxylation is 1. The van der Waals surface area contributed by atoms with Gasteiger partial charge >= 0.3 is 0 Å². The maximum absolute atomic E-state index is 9.40. The van der Waals surface area contributed by atoms with Crippen molar-refractivity contribution in [2.24, 2.45) is 5.41 Å². The zero-order chi connectivity index (χ0) is 11.6. The van der Waals surface area contributed by atoms with Crippen molar-refractivity contribution in [3.63, 3.8) is 0 Å². The van der Waals surface area contributed by atoms with Gasteiger partial charge in [-0.2, -0.15) is 0 Å². The van der Waals surface area contributed by atoms with Crippen LogP contribution in [0.5, 0.6) is 0 Å². The topological polar surface area (TPSA) is 36.4 Å². The van der Waals surface area contributed by atoms with Crippen molar-refractivity contribution in [1.29, 1.82) is 0 Å². The van der Waals surface area contributed by atoms with Gasteiger partial charge in [-0.25, -0.2) is 4.98 Å². The third-order valence-corrected chi connectivity index (χ3v) is 4.12. The Hall–Kier alpha value is -0.450. The van der Waals surface area contributed by atoms with Gasteiger partial charge < -0.3 is 5.11 Å². The average Bonchev–Trinajstić information content (AvgIpc) is 2.64. The van der Waals surface area contributed by atoms with Crippen molar-refractivity contribution in [3.8, 4) is 0 Å². The first kappa shape index (κ1) is 12.0. The van der Waals surface area contributed by atoms with E-state index in [1.165, 1.54) is 12.1 Å². The molecule has 0 amide bonds. The Balaban J connectivity index is 1.95. The monoisotopic (exact) mass is 240 g/mol. The largest absolute Gasteiger partial charge is 0.396 e. The van der Waals surface area contributed by atoms with Crippen molar-refractivity contribution in [2.45, 2.75) is 33.2 Å². The number of likely N-dealkylation sites (tertiary alicyclic amines) is 1. The average molecular weight is 240 g/mol. The molecule has 0 aromatic carbocycles. The summed E-state index contributed by atoms with van der Waals surface area (Å²) in [7, 11) is 0. The van der Waals surface area contributed by atoms with Gasteiger partial charge in [0.15, 0.2) is 0 Å². The van der Waals surface area contributed by atoms with Gasteiger partial charge in [0.1, 0.15) is 0 Å². The molecule has 4 heteroatoms. The van der Waals surface area contributed by atoms with Crippen molar-refractivity contribution in [3.05, 3.63) is 16.1 Å². The Morgan fingerprint density at radius 1 is 1.62 bits per heavy atom. The highest BCUT2D eigenvalue weighted by Gasteiger charge is 2.30. The zero-order valence-electron chi connectivity index (χ0n) is 10.1. The van der Waals surface area contributed by atoms with Crippen LogP contribution in [0.1, 0.15) is 30.5 Å². The molecule has 1 saturated heterocycles. The highest BCUT2D eigenvalue weighted by Crippen LogP contribution is 2.29. The molecule has 2 heterocycles. The van der Waals surface area contributed by atoms with E-state index in [-0.39, 0.29) is 5.41 Å². The van der Waals surface area contributed by atoms with Gasteiger partial charge in [-0.1, -0.05) is 6.92 Å². The van der Waals surface area contributed by atoms with Crippen LogP contribution >= 0.6 is 11.3 Å². The van der Waals surface area contributed by atoms with Crippen molar-refractivity contribution < 1.29 is 5.11 Å². The number of hydrogen-bond donors (Lipinski definition) is 1. The van der Waals surface area contributed by atoms with Crippen LogP contribution in [-0.4, -0.2) is 34.7 Å². The van der Waals surface area contributed by atoms with E-state index in [0.29, 0.717) is 6.61 Å². The number of aliphatic hydroxyl groups is 1. The summed E-state index contributed by atoms with van der Waals surface area (Å²) in [5.74, 6) is 0. The molecule has 0 aliphatic carbocycles. The Morgan fingerprint density at radius 3 is 3.06 bits per heavy atom. The van der Waals surface area contributed by atoms with E-state index in [4.69, 9.17) is 0 Å². The van der Waals surface area contributed by atoms with Crippen LogP contribution in [0.25, 0.3) is 0 Å². The maximum atomic E-state index is 9.40. The minimum absolute atomic E-state index is 0.0866. The molecule has 90 valence electrons. The second-order valence-electron chi connectivity index (χ2n) is 5.14. The molecule has 1 N–H and O–H groups in total. The maximum Gasteiger partial charge on any atom is 0.0897 e. The molecular weight excluding hydrogens is 220 g/mol. The van der Waals surface area contributed by atoms with E-state index in [1.807, 2.05) is 6.92 Å². The van der Waals surface area contributed by atoms with E-state index in [1.54, 1.807) is 11.3 Å². The number of rotatable bonds is 3. The van der Waals surface area contributed by atoms with Crippen LogP contribution < -0.4 is 0 Å². The highest BCUT2D eigenvalue weighted by atomic mass is 32.1. The van der Waals surface area contributed by atoms with Gasteiger partial charge in [-0.15, -0.1) is 11.3 Å². The second-order valence-corrected chi connectivity index (χ2v) is 6.20. The quantitative estimate of drug-likeness (QED) is 0.878. The SMILES string of the molecule is Cc1nc(CN2CCCC(C)(CO)C2)cs1. The summed E-state index contributed by atoms with van der Waals surface area (Å²) < 4.78 is 0. The minimum atomic E-state index is 0.0866. The number of aromatic nitrogens is 1. The predicted molar refractivity (Wildman–Crippen MR) is 66.6 cm³/mol. The molecule has 0 radical (unpaired) electrons. The normalized spacial score (nSPS) is 27.2. The molecule has 0 saturated carbocycles. The fourth-order valence-electron chi connectivity index (χ4n) is 2.40. The fraction of sp³-hybridized carbons (Fsp3) is 0.750. The molecule has 1 unspecified atom stereocenters. The molecule has 1 atom stereocenters. The van der Waals surface area contributed by atoms with Gasteiger partial charge in [0.05, 0.1) is 10.7 Å². The van der Waals surface area contributed by atoms with Gasteiger partial charge in [-0.3, -0.25) is 4.90 Å². The Labute approximate surface area is 101 Å². The summed E-state index contributed by atoms with van der Waals surface area (Å²) in [5.41, 5.74) is 1.26. The Bertz CT molecular complexity index is 353. The summed E-state index contributed by atoms with van der Waals surface area (Å²) in [6.07, 6.45) is 2.32. The van der Waals surface area contributed by atoms with E-state index in [9.17, 15) is 5.11 Å². The lowest BCUT2D eigenvalue weighted by atomic mass is 9.83. The summed E-state index contributed by atoms with van der Waals surface area (Å²) in [5, 5.41) is 12.7. The standard InChI is InChI=1S/C12H20N2OS/c1-10-13-11(7-16-10)6-14-5-3-4-12(2,8-14)9-15/h7,15H,3-6,8-9H2,1-2H3. The number of thiazole rings is 1. The van der Waals surface area contributed by atoms with Gasteiger partial charge in [-0.05, 0) is 26.3 Å². The van der Waals surface area contributed by atoms with Crippen LogP contribution in [0, 0.1) is 12.3 Å². The summed E-state index contributed by atoms with van der Waals surface area (Å²) in [4.78, 5) is 6.90. The van der Waals surface area contributed by atoms with Crippen LogP contribution in [0.2, 0.25) is 0 Å². The number of hydrogen-bond acceptors (Lipinski definition) is 4. The van der Waals surface area contributed by atoms with Crippen LogP contribution in [0.3, 0.4) is 0 Å². The predicted octanol–water partition coefficient (Wildman–Crippen LogP) is 2.05. The first-order chi connectivity index (χ1) is 7.61. The third-order valence-electron chi connectivity index (χ3n) is 3.29. The highest BCUT2D eigenvalue weighted by molar-refractivity contribution is 7.09. The molecule has 0 spiro atoms. The van der Waals surface area contributed by atoms with Crippen LogP contribution in [-0.2, 0) is 6.54 Å². The fourth-order valence-corrected chi connectivity index (χ4v) is 3.01. The number of nitrogens with zero attached hydrogens (tertiary/aromatic N) is 2. The minimum Gasteiger partial charge on any atom is -0.396 e. The first-order valence-electron chi connectivity index (χ1n) is 5.85. The smallest absolute Gasteiger partial charge is 0.0897 e. The van der Waals surface area contributed by atoms with Crippen molar-refractivity contribution >= 4 is 11.3 Å². The number of aliphatic hydroxyl groups excluding tert-OH is 1. The van der Waals surface area contributed by atoms with Gasteiger partial charge in [0.25, 0.3) is 0 Å². The summed E-state index contributed by atoms with van der Waals surface area (Å²) in [6, 6.07) is 0. The molecule has 1 aromatic heterocycles. The molecule has 1 aromatic rings. The lowest BCUT2D eigenvalue weighted by Crippen LogP contribution is -2.43. The lowest BCUT2D eigenvalue weighted by Gasteiger charge is -2.39. The molecule has 1 fully saturated rings. The van der Waals surface area contributed by atoms with Crippen LogP contribution in [0.4, 0.5) is 0 Å². The third kappa shape index (κ3) is 2.81. The molecule has 1 aliphatic rings. The molecule has 16 heavy (non-hydrogen) atoms. The van der Waals surface area contributed by atoms with Gasteiger partial charge in [0, 0.05) is 30.5 Å². The lowest BCUT2D eigenvalue weighted by molar-refractivity contribution is 0.0424. The zero-order valence-corrected chi connectivity index (χ0v) is 10.9. The molecule has 0 bridgehead atoms. The van der Waals surface area contributed by atoms with Gasteiger partial charge in [0.2, 0.25) is 0 Å². The first-order valence-corrected chi connectivity index (χ1v) is 6.73. The van der Waals surface area contributed by atoms with E-state index < -0.39 is 0 Å². The van der Waals surface area contributed by atoms with Crippen molar-refractivity contribution in [2.75, 3.05) is 19.7 Å². The van der Waals surface area contributed by atoms with Crippen molar-refractivity contribution in [1.82, 2.24) is 9.88 Å². The summed E-state index contributed by atoms with van der Waals surface area (Å²) in [6.45, 7) is 7.55. The number of piperidine rings is 1. The Kier molecular flexibility index (Phi) is 3.62.